The highest BCUT2D eigenvalue weighted by molar-refractivity contribution is 5.38. The highest BCUT2D eigenvalue weighted by atomic mass is 19.1. The van der Waals surface area contributed by atoms with Crippen LogP contribution in [0.15, 0.2) is 36.4 Å². The molecule has 0 radical (unpaired) electrons. The molecule has 2 rings (SSSR count). The summed E-state index contributed by atoms with van der Waals surface area (Å²) < 4.78 is 13.3. The molecule has 0 saturated carbocycles. The van der Waals surface area contributed by atoms with Gasteiger partial charge in [0.15, 0.2) is 0 Å². The van der Waals surface area contributed by atoms with Crippen molar-refractivity contribution in [3.63, 3.8) is 0 Å². The Bertz CT molecular complexity index is 573. The van der Waals surface area contributed by atoms with Gasteiger partial charge in [-0.3, -0.25) is 5.84 Å². The van der Waals surface area contributed by atoms with Crippen LogP contribution in [0.3, 0.4) is 0 Å². The Hall–Kier alpha value is -1.71. The van der Waals surface area contributed by atoms with E-state index in [4.69, 9.17) is 5.84 Å². The Morgan fingerprint density at radius 2 is 1.58 bits per heavy atom. The first-order valence-electron chi connectivity index (χ1n) is 6.31. The fourth-order valence-corrected chi connectivity index (χ4v) is 2.41. The maximum atomic E-state index is 13.3. The van der Waals surface area contributed by atoms with Crippen molar-refractivity contribution >= 4 is 0 Å². The monoisotopic (exact) mass is 258 g/mol. The van der Waals surface area contributed by atoms with Gasteiger partial charge in [-0.1, -0.05) is 41.5 Å². The highest BCUT2D eigenvalue weighted by Gasteiger charge is 2.14. The third kappa shape index (κ3) is 3.00. The molecule has 2 aromatic rings. The van der Waals surface area contributed by atoms with Crippen LogP contribution >= 0.6 is 0 Å². The summed E-state index contributed by atoms with van der Waals surface area (Å²) in [5, 5.41) is 0. The zero-order valence-electron chi connectivity index (χ0n) is 11.5. The van der Waals surface area contributed by atoms with E-state index in [-0.39, 0.29) is 11.9 Å². The second-order valence-electron chi connectivity index (χ2n) is 5.03. The van der Waals surface area contributed by atoms with E-state index < -0.39 is 0 Å². The summed E-state index contributed by atoms with van der Waals surface area (Å²) in [6.45, 7) is 5.87. The van der Waals surface area contributed by atoms with Crippen LogP contribution in [0.2, 0.25) is 0 Å². The number of benzene rings is 2. The van der Waals surface area contributed by atoms with E-state index in [0.29, 0.717) is 5.56 Å². The fraction of sp³-hybridized carbons (Fsp3) is 0.250. The van der Waals surface area contributed by atoms with Gasteiger partial charge in [-0.2, -0.15) is 0 Å². The van der Waals surface area contributed by atoms with Crippen molar-refractivity contribution < 1.29 is 4.39 Å². The lowest BCUT2D eigenvalue weighted by molar-refractivity contribution is 0.607. The molecule has 0 fully saturated rings. The molecule has 0 spiro atoms. The topological polar surface area (TPSA) is 38.0 Å². The Labute approximate surface area is 113 Å². The summed E-state index contributed by atoms with van der Waals surface area (Å²) in [7, 11) is 0. The first kappa shape index (κ1) is 13.7. The number of hydrogen-bond acceptors (Lipinski definition) is 2. The molecule has 1 unspecified atom stereocenters. The number of aryl methyl sites for hydroxylation is 3. The lowest BCUT2D eigenvalue weighted by Crippen LogP contribution is -2.29. The molecular formula is C16H19FN2. The predicted molar refractivity (Wildman–Crippen MR) is 76.2 cm³/mol. The third-order valence-electron chi connectivity index (χ3n) is 3.26. The van der Waals surface area contributed by atoms with E-state index in [0.717, 1.165) is 11.1 Å². The Kier molecular flexibility index (Phi) is 3.98. The van der Waals surface area contributed by atoms with Crippen molar-refractivity contribution in [3.05, 3.63) is 70.0 Å². The number of halogens is 1. The van der Waals surface area contributed by atoms with Gasteiger partial charge in [0, 0.05) is 0 Å². The van der Waals surface area contributed by atoms with E-state index in [1.807, 2.05) is 6.07 Å². The number of hydrazine groups is 1. The van der Waals surface area contributed by atoms with Crippen LogP contribution in [0.5, 0.6) is 0 Å². The van der Waals surface area contributed by atoms with Gasteiger partial charge in [0.2, 0.25) is 0 Å². The molecule has 0 heterocycles. The standard InChI is InChI=1S/C16H19FN2/c1-10-6-11(2)8-14(7-10)16(19-18)13-4-5-15(17)12(3)9-13/h4-9,16,19H,18H2,1-3H3. The van der Waals surface area contributed by atoms with E-state index in [2.05, 4.69) is 37.5 Å². The SMILES string of the molecule is Cc1cc(C)cc(C(NN)c2ccc(F)c(C)c2)c1. The zero-order chi connectivity index (χ0) is 14.0. The van der Waals surface area contributed by atoms with Crippen molar-refractivity contribution in [2.24, 2.45) is 5.84 Å². The minimum atomic E-state index is -0.194. The van der Waals surface area contributed by atoms with E-state index in [1.165, 1.54) is 17.2 Å². The van der Waals surface area contributed by atoms with Gasteiger partial charge < -0.3 is 0 Å². The molecule has 0 saturated heterocycles. The first-order valence-corrected chi connectivity index (χ1v) is 6.31. The molecule has 19 heavy (non-hydrogen) atoms. The van der Waals surface area contributed by atoms with Gasteiger partial charge in [-0.15, -0.1) is 0 Å². The summed E-state index contributed by atoms with van der Waals surface area (Å²) in [6.07, 6.45) is 0. The first-order chi connectivity index (χ1) is 9.01. The van der Waals surface area contributed by atoms with Crippen LogP contribution in [0.25, 0.3) is 0 Å². The minimum absolute atomic E-state index is 0.127. The van der Waals surface area contributed by atoms with Crippen LogP contribution in [0, 0.1) is 26.6 Å². The van der Waals surface area contributed by atoms with Crippen molar-refractivity contribution in [1.29, 1.82) is 0 Å². The number of nitrogens with one attached hydrogen (secondary N) is 1. The molecular weight excluding hydrogens is 239 g/mol. The summed E-state index contributed by atoms with van der Waals surface area (Å²) in [5.41, 5.74) is 7.87. The summed E-state index contributed by atoms with van der Waals surface area (Å²) >= 11 is 0. The molecule has 3 N–H and O–H groups in total. The van der Waals surface area contributed by atoms with Gasteiger partial charge >= 0.3 is 0 Å². The summed E-state index contributed by atoms with van der Waals surface area (Å²) in [4.78, 5) is 0. The lowest BCUT2D eigenvalue weighted by atomic mass is 9.95. The van der Waals surface area contributed by atoms with Gasteiger partial charge in [0.05, 0.1) is 6.04 Å². The maximum Gasteiger partial charge on any atom is 0.126 e. The molecule has 0 aliphatic heterocycles. The molecule has 100 valence electrons. The highest BCUT2D eigenvalue weighted by Crippen LogP contribution is 2.24. The quantitative estimate of drug-likeness (QED) is 0.655. The van der Waals surface area contributed by atoms with Crippen molar-refractivity contribution in [1.82, 2.24) is 5.43 Å². The molecule has 0 aromatic heterocycles. The Morgan fingerprint density at radius 1 is 0.947 bits per heavy atom. The molecule has 3 heteroatoms. The van der Waals surface area contributed by atoms with Crippen LogP contribution in [0.4, 0.5) is 4.39 Å². The minimum Gasteiger partial charge on any atom is -0.271 e. The average Bonchev–Trinajstić information content (AvgIpc) is 2.33. The second-order valence-corrected chi connectivity index (χ2v) is 5.03. The molecule has 0 aliphatic carbocycles. The number of rotatable bonds is 3. The molecule has 0 amide bonds. The smallest absolute Gasteiger partial charge is 0.126 e. The summed E-state index contributed by atoms with van der Waals surface area (Å²) in [5.74, 6) is 5.49. The molecule has 2 nitrogen and oxygen atoms in total. The maximum absolute atomic E-state index is 13.3. The zero-order valence-corrected chi connectivity index (χ0v) is 11.5. The average molecular weight is 258 g/mol. The lowest BCUT2D eigenvalue weighted by Gasteiger charge is -2.19. The van der Waals surface area contributed by atoms with E-state index in [9.17, 15) is 4.39 Å². The normalized spacial score (nSPS) is 12.5. The van der Waals surface area contributed by atoms with Crippen LogP contribution in [-0.4, -0.2) is 0 Å². The van der Waals surface area contributed by atoms with E-state index >= 15 is 0 Å². The van der Waals surface area contributed by atoms with Gasteiger partial charge in [-0.05, 0) is 43.5 Å². The van der Waals surface area contributed by atoms with Gasteiger partial charge in [0.25, 0.3) is 0 Å². The van der Waals surface area contributed by atoms with Crippen LogP contribution < -0.4 is 11.3 Å². The molecule has 0 aliphatic rings. The van der Waals surface area contributed by atoms with Crippen LogP contribution in [0.1, 0.15) is 33.9 Å². The molecule has 0 bridgehead atoms. The second kappa shape index (κ2) is 5.51. The number of nitrogens with two attached hydrogens (primary N) is 1. The van der Waals surface area contributed by atoms with Gasteiger partial charge in [-0.25, -0.2) is 9.82 Å². The largest absolute Gasteiger partial charge is 0.271 e. The van der Waals surface area contributed by atoms with Crippen molar-refractivity contribution in [3.8, 4) is 0 Å². The van der Waals surface area contributed by atoms with E-state index in [1.54, 1.807) is 13.0 Å². The van der Waals surface area contributed by atoms with Crippen molar-refractivity contribution in [2.45, 2.75) is 26.8 Å². The summed E-state index contributed by atoms with van der Waals surface area (Å²) in [6, 6.07) is 11.3. The molecule has 1 atom stereocenters. The number of hydrogen-bond donors (Lipinski definition) is 2. The van der Waals surface area contributed by atoms with Crippen molar-refractivity contribution in [2.75, 3.05) is 0 Å². The van der Waals surface area contributed by atoms with Gasteiger partial charge in [0.1, 0.15) is 5.82 Å². The molecule has 2 aromatic carbocycles. The predicted octanol–water partition coefficient (Wildman–Crippen LogP) is 3.30. The fourth-order valence-electron chi connectivity index (χ4n) is 2.41. The van der Waals surface area contributed by atoms with Crippen LogP contribution in [-0.2, 0) is 0 Å². The third-order valence-corrected chi connectivity index (χ3v) is 3.26. The Morgan fingerprint density at radius 3 is 2.11 bits per heavy atom. The Balaban J connectivity index is 2.46.